The number of hydrogen-bond donors (Lipinski definition) is 1. The number of carbonyl (C=O) groups excluding carboxylic acids is 2. The van der Waals surface area contributed by atoms with E-state index in [0.29, 0.717) is 11.3 Å². The van der Waals surface area contributed by atoms with Crippen molar-refractivity contribution in [2.45, 2.75) is 19.2 Å². The Balaban J connectivity index is 1.38. The number of thioether (sulfide) groups is 1. The summed E-state index contributed by atoms with van der Waals surface area (Å²) in [6, 6.07) is 27.5. The molecule has 5 rings (SSSR count). The molecule has 2 amide bonds. The maximum atomic E-state index is 13.0. The summed E-state index contributed by atoms with van der Waals surface area (Å²) in [6.45, 7) is 4.12. The molecule has 1 unspecified atom stereocenters. The SMILES string of the molecule is Cc1cccc(N2C(=O)CSC2c2ccc(NC(=O)c3cccc4ccccc34)cc2)c1C. The molecule has 0 aromatic heterocycles. The molecule has 0 bridgehead atoms. The van der Waals surface area contributed by atoms with Gasteiger partial charge in [0, 0.05) is 16.9 Å². The second-order valence-electron chi connectivity index (χ2n) is 8.25. The van der Waals surface area contributed by atoms with Crippen LogP contribution in [0.15, 0.2) is 84.9 Å². The van der Waals surface area contributed by atoms with Crippen molar-refractivity contribution < 1.29 is 9.59 Å². The van der Waals surface area contributed by atoms with Crippen LogP contribution in [-0.4, -0.2) is 17.6 Å². The summed E-state index contributed by atoms with van der Waals surface area (Å²) in [7, 11) is 0. The van der Waals surface area contributed by atoms with E-state index in [4.69, 9.17) is 0 Å². The van der Waals surface area contributed by atoms with Gasteiger partial charge in [-0.2, -0.15) is 0 Å². The lowest BCUT2D eigenvalue weighted by Crippen LogP contribution is -2.28. The molecule has 164 valence electrons. The molecule has 0 aliphatic carbocycles. The normalized spacial score (nSPS) is 15.8. The second kappa shape index (κ2) is 8.75. The van der Waals surface area contributed by atoms with E-state index >= 15 is 0 Å². The molecule has 0 spiro atoms. The van der Waals surface area contributed by atoms with E-state index in [-0.39, 0.29) is 17.2 Å². The summed E-state index contributed by atoms with van der Waals surface area (Å²) in [5.74, 6) is 0.437. The largest absolute Gasteiger partial charge is 0.322 e. The first-order valence-electron chi connectivity index (χ1n) is 10.9. The fourth-order valence-corrected chi connectivity index (χ4v) is 5.45. The smallest absolute Gasteiger partial charge is 0.256 e. The number of rotatable bonds is 4. The lowest BCUT2D eigenvalue weighted by Gasteiger charge is -2.26. The number of nitrogens with one attached hydrogen (secondary N) is 1. The number of amides is 2. The fraction of sp³-hybridized carbons (Fsp3) is 0.143. The summed E-state index contributed by atoms with van der Waals surface area (Å²) >= 11 is 1.63. The zero-order chi connectivity index (χ0) is 22.9. The zero-order valence-corrected chi connectivity index (χ0v) is 19.4. The van der Waals surface area contributed by atoms with Crippen molar-refractivity contribution in [3.63, 3.8) is 0 Å². The van der Waals surface area contributed by atoms with E-state index in [1.807, 2.05) is 83.8 Å². The average Bonchev–Trinajstić information content (AvgIpc) is 3.22. The highest BCUT2D eigenvalue weighted by Gasteiger charge is 2.34. The number of anilines is 2. The zero-order valence-electron chi connectivity index (χ0n) is 18.5. The van der Waals surface area contributed by atoms with Gasteiger partial charge in [0.15, 0.2) is 0 Å². The molecular weight excluding hydrogens is 428 g/mol. The van der Waals surface area contributed by atoms with Crippen molar-refractivity contribution in [3.8, 4) is 0 Å². The molecule has 1 saturated heterocycles. The molecule has 1 aliphatic heterocycles. The van der Waals surface area contributed by atoms with Gasteiger partial charge >= 0.3 is 0 Å². The number of aryl methyl sites for hydroxylation is 1. The molecule has 1 fully saturated rings. The molecule has 1 heterocycles. The number of nitrogens with zero attached hydrogens (tertiary/aromatic N) is 1. The summed E-state index contributed by atoms with van der Waals surface area (Å²) in [4.78, 5) is 27.6. The minimum atomic E-state index is -0.137. The van der Waals surface area contributed by atoms with Crippen molar-refractivity contribution >= 4 is 45.7 Å². The molecule has 5 heteroatoms. The minimum Gasteiger partial charge on any atom is -0.322 e. The Hall–Kier alpha value is -3.57. The first-order chi connectivity index (χ1) is 16.0. The Kier molecular flexibility index (Phi) is 5.65. The second-order valence-corrected chi connectivity index (χ2v) is 9.32. The molecule has 1 atom stereocenters. The van der Waals surface area contributed by atoms with Gasteiger partial charge in [-0.1, -0.05) is 60.7 Å². The molecule has 0 radical (unpaired) electrons. The Morgan fingerprint density at radius 3 is 2.45 bits per heavy atom. The Bertz CT molecular complexity index is 1360. The lowest BCUT2D eigenvalue weighted by atomic mass is 10.0. The summed E-state index contributed by atoms with van der Waals surface area (Å²) < 4.78 is 0. The van der Waals surface area contributed by atoms with Crippen LogP contribution in [0.4, 0.5) is 11.4 Å². The maximum absolute atomic E-state index is 13.0. The third-order valence-corrected chi connectivity index (χ3v) is 7.40. The van der Waals surface area contributed by atoms with Crippen molar-refractivity contribution in [2.75, 3.05) is 16.0 Å². The van der Waals surface area contributed by atoms with Gasteiger partial charge < -0.3 is 5.32 Å². The number of carbonyl (C=O) groups is 2. The van der Waals surface area contributed by atoms with Crippen LogP contribution in [0.1, 0.15) is 32.4 Å². The molecule has 33 heavy (non-hydrogen) atoms. The quantitative estimate of drug-likeness (QED) is 0.385. The topological polar surface area (TPSA) is 49.4 Å². The number of fused-ring (bicyclic) bond motifs is 1. The molecule has 0 saturated carbocycles. The molecule has 4 nitrogen and oxygen atoms in total. The van der Waals surface area contributed by atoms with Crippen LogP contribution in [0, 0.1) is 13.8 Å². The van der Waals surface area contributed by atoms with Crippen LogP contribution >= 0.6 is 11.8 Å². The predicted octanol–water partition coefficient (Wildman–Crippen LogP) is 6.49. The van der Waals surface area contributed by atoms with Crippen molar-refractivity contribution in [2.24, 2.45) is 0 Å². The van der Waals surface area contributed by atoms with E-state index in [1.54, 1.807) is 11.8 Å². The van der Waals surface area contributed by atoms with Crippen molar-refractivity contribution in [1.82, 2.24) is 0 Å². The van der Waals surface area contributed by atoms with E-state index < -0.39 is 0 Å². The van der Waals surface area contributed by atoms with Crippen LogP contribution in [-0.2, 0) is 4.79 Å². The molecule has 4 aromatic rings. The van der Waals surface area contributed by atoms with Crippen LogP contribution in [0.3, 0.4) is 0 Å². The Morgan fingerprint density at radius 2 is 1.64 bits per heavy atom. The van der Waals surface area contributed by atoms with Gasteiger partial charge in [0.1, 0.15) is 5.37 Å². The number of hydrogen-bond acceptors (Lipinski definition) is 3. The van der Waals surface area contributed by atoms with Gasteiger partial charge in [0.05, 0.1) is 5.75 Å². The van der Waals surface area contributed by atoms with Gasteiger partial charge in [-0.15, -0.1) is 11.8 Å². The van der Waals surface area contributed by atoms with Crippen LogP contribution in [0.5, 0.6) is 0 Å². The fourth-order valence-electron chi connectivity index (χ4n) is 4.28. The standard InChI is InChI=1S/C28H24N2O2S/c1-18-7-5-12-25(19(18)2)30-26(31)17-33-28(30)21-13-15-22(16-14-21)29-27(32)24-11-6-9-20-8-3-4-10-23(20)24/h3-16,28H,17H2,1-2H3,(H,29,32). The third-order valence-electron chi connectivity index (χ3n) is 6.19. The highest BCUT2D eigenvalue weighted by atomic mass is 32.2. The monoisotopic (exact) mass is 452 g/mol. The summed E-state index contributed by atoms with van der Waals surface area (Å²) in [5.41, 5.74) is 5.66. The summed E-state index contributed by atoms with van der Waals surface area (Å²) in [6.07, 6.45) is 0. The first kappa shape index (κ1) is 21.3. The van der Waals surface area contributed by atoms with Gasteiger partial charge in [0.25, 0.3) is 5.91 Å². The highest BCUT2D eigenvalue weighted by molar-refractivity contribution is 8.00. The molecule has 1 N–H and O–H groups in total. The molecule has 4 aromatic carbocycles. The van der Waals surface area contributed by atoms with E-state index in [0.717, 1.165) is 33.3 Å². The van der Waals surface area contributed by atoms with E-state index in [9.17, 15) is 9.59 Å². The van der Waals surface area contributed by atoms with E-state index in [1.165, 1.54) is 5.56 Å². The van der Waals surface area contributed by atoms with E-state index in [2.05, 4.69) is 25.2 Å². The van der Waals surface area contributed by atoms with Crippen molar-refractivity contribution in [3.05, 3.63) is 107 Å². The first-order valence-corrected chi connectivity index (χ1v) is 12.0. The minimum absolute atomic E-state index is 0.0826. The number of benzene rings is 4. The molecular formula is C28H24N2O2S. The van der Waals surface area contributed by atoms with Crippen LogP contribution in [0.2, 0.25) is 0 Å². The highest BCUT2D eigenvalue weighted by Crippen LogP contribution is 2.43. The predicted molar refractivity (Wildman–Crippen MR) is 137 cm³/mol. The Morgan fingerprint density at radius 1 is 0.909 bits per heavy atom. The van der Waals surface area contributed by atoms with Gasteiger partial charge in [-0.25, -0.2) is 0 Å². The molecule has 1 aliphatic rings. The van der Waals surface area contributed by atoms with Gasteiger partial charge in [-0.05, 0) is 65.6 Å². The Labute approximate surface area is 197 Å². The van der Waals surface area contributed by atoms with Crippen LogP contribution in [0.25, 0.3) is 10.8 Å². The van der Waals surface area contributed by atoms with Gasteiger partial charge in [-0.3, -0.25) is 14.5 Å². The average molecular weight is 453 g/mol. The third kappa shape index (κ3) is 4.00. The van der Waals surface area contributed by atoms with Gasteiger partial charge in [0.2, 0.25) is 5.91 Å². The lowest BCUT2D eigenvalue weighted by molar-refractivity contribution is -0.115. The van der Waals surface area contributed by atoms with Crippen LogP contribution < -0.4 is 10.2 Å². The van der Waals surface area contributed by atoms with Crippen molar-refractivity contribution in [1.29, 1.82) is 0 Å². The maximum Gasteiger partial charge on any atom is 0.256 e. The summed E-state index contributed by atoms with van der Waals surface area (Å²) in [5, 5.41) is 4.89.